The zero-order chi connectivity index (χ0) is 19.1. The molecule has 2 unspecified atom stereocenters. The summed E-state index contributed by atoms with van der Waals surface area (Å²) in [4.78, 5) is 14.3. The lowest BCUT2D eigenvalue weighted by molar-refractivity contribution is -0.118. The predicted molar refractivity (Wildman–Crippen MR) is 97.5 cm³/mol. The Kier molecular flexibility index (Phi) is 4.42. The zero-order valence-corrected chi connectivity index (χ0v) is 14.6. The Hall–Kier alpha value is -2.76. The number of hydrogen-bond donors (Lipinski definition) is 2. The van der Waals surface area contributed by atoms with Crippen LogP contribution in [0.4, 0.5) is 13.2 Å². The number of halogens is 3. The topological polar surface area (TPSA) is 58.9 Å². The summed E-state index contributed by atoms with van der Waals surface area (Å²) in [6, 6.07) is 8.10. The maximum atomic E-state index is 14.4. The summed E-state index contributed by atoms with van der Waals surface area (Å²) >= 11 is 0. The lowest BCUT2D eigenvalue weighted by Crippen LogP contribution is -2.14. The molecule has 1 amide bonds. The van der Waals surface area contributed by atoms with Crippen molar-refractivity contribution in [1.82, 2.24) is 4.98 Å². The van der Waals surface area contributed by atoms with Gasteiger partial charge in [-0.15, -0.1) is 0 Å². The Balaban J connectivity index is 1.85. The van der Waals surface area contributed by atoms with E-state index in [1.807, 2.05) is 0 Å². The van der Waals surface area contributed by atoms with Gasteiger partial charge in [-0.1, -0.05) is 0 Å². The Morgan fingerprint density at radius 3 is 2.52 bits per heavy atom. The number of primary amides is 1. The van der Waals surface area contributed by atoms with Gasteiger partial charge >= 0.3 is 0 Å². The van der Waals surface area contributed by atoms with Gasteiger partial charge in [0.2, 0.25) is 5.91 Å². The molecule has 0 bridgehead atoms. The molecule has 0 saturated heterocycles. The van der Waals surface area contributed by atoms with E-state index >= 15 is 0 Å². The first-order chi connectivity index (χ1) is 12.9. The van der Waals surface area contributed by atoms with Crippen LogP contribution in [0.2, 0.25) is 0 Å². The number of benzene rings is 2. The molecule has 27 heavy (non-hydrogen) atoms. The number of amides is 1. The number of carbonyl (C=O) groups is 1. The lowest BCUT2D eigenvalue weighted by atomic mass is 9.90. The number of aromatic nitrogens is 1. The van der Waals surface area contributed by atoms with E-state index in [1.165, 1.54) is 18.2 Å². The first-order valence-corrected chi connectivity index (χ1v) is 8.97. The highest BCUT2D eigenvalue weighted by Gasteiger charge is 2.31. The van der Waals surface area contributed by atoms with Gasteiger partial charge in [-0.2, -0.15) is 0 Å². The van der Waals surface area contributed by atoms with E-state index in [2.05, 4.69) is 4.98 Å². The van der Waals surface area contributed by atoms with E-state index < -0.39 is 11.6 Å². The fraction of sp³-hybridized carbons (Fsp3) is 0.286. The number of aromatic amines is 1. The number of nitrogens with two attached hydrogens (primary N) is 1. The molecular formula is C21H19F3N2O. The van der Waals surface area contributed by atoms with Crippen LogP contribution in [-0.2, 0) is 4.79 Å². The van der Waals surface area contributed by atoms with Crippen LogP contribution in [0.15, 0.2) is 36.4 Å². The molecule has 3 N–H and O–H groups in total. The molecule has 1 aromatic heterocycles. The third-order valence-corrected chi connectivity index (χ3v) is 5.44. The van der Waals surface area contributed by atoms with Crippen molar-refractivity contribution in [3.05, 3.63) is 59.4 Å². The van der Waals surface area contributed by atoms with Crippen LogP contribution in [-0.4, -0.2) is 10.9 Å². The molecule has 1 saturated carbocycles. The second-order valence-electron chi connectivity index (χ2n) is 7.28. The Bertz CT molecular complexity index is 1010. The molecule has 6 heteroatoms. The van der Waals surface area contributed by atoms with Crippen molar-refractivity contribution in [3.8, 4) is 11.3 Å². The normalized spacial score (nSPS) is 19.7. The average Bonchev–Trinajstić information content (AvgIpc) is 3.19. The van der Waals surface area contributed by atoms with E-state index in [1.54, 1.807) is 12.1 Å². The third kappa shape index (κ3) is 3.31. The van der Waals surface area contributed by atoms with Crippen LogP contribution >= 0.6 is 0 Å². The number of hydrogen-bond acceptors (Lipinski definition) is 1. The van der Waals surface area contributed by atoms with Crippen molar-refractivity contribution < 1.29 is 18.0 Å². The monoisotopic (exact) mass is 372 g/mol. The van der Waals surface area contributed by atoms with Crippen LogP contribution in [0.1, 0.15) is 37.2 Å². The van der Waals surface area contributed by atoms with Crippen LogP contribution in [0.25, 0.3) is 22.2 Å². The molecule has 1 aliphatic carbocycles. The van der Waals surface area contributed by atoms with Crippen LogP contribution in [0.3, 0.4) is 0 Å². The van der Waals surface area contributed by atoms with Gasteiger partial charge in [-0.05, 0) is 72.6 Å². The summed E-state index contributed by atoms with van der Waals surface area (Å²) in [5.41, 5.74) is 7.76. The summed E-state index contributed by atoms with van der Waals surface area (Å²) in [6.45, 7) is 0. The lowest BCUT2D eigenvalue weighted by Gasteiger charge is -2.13. The molecule has 2 atom stereocenters. The van der Waals surface area contributed by atoms with Crippen LogP contribution in [0, 0.1) is 23.4 Å². The van der Waals surface area contributed by atoms with Crippen molar-refractivity contribution in [1.29, 1.82) is 0 Å². The highest BCUT2D eigenvalue weighted by Crippen LogP contribution is 2.46. The quantitative estimate of drug-likeness (QED) is 0.664. The molecular weight excluding hydrogens is 353 g/mol. The van der Waals surface area contributed by atoms with Gasteiger partial charge in [0, 0.05) is 17.9 Å². The fourth-order valence-corrected chi connectivity index (χ4v) is 4.32. The second-order valence-corrected chi connectivity index (χ2v) is 7.28. The molecule has 0 aliphatic heterocycles. The standard InChI is InChI=1S/C21H19F3N2O/c22-14-5-3-12(4-6-14)20-19(13-2-1-11(7-13)8-18(25)27)16-9-15(23)10-17(24)21(16)26-20/h3-6,9-11,13,26H,1-2,7-8H2,(H2,25,27). The smallest absolute Gasteiger partial charge is 0.217 e. The highest BCUT2D eigenvalue weighted by atomic mass is 19.1. The first kappa shape index (κ1) is 17.6. The Labute approximate surface area is 154 Å². The van der Waals surface area contributed by atoms with Gasteiger partial charge in [0.15, 0.2) is 0 Å². The number of carbonyl (C=O) groups excluding carboxylic acids is 1. The number of rotatable bonds is 4. The van der Waals surface area contributed by atoms with Crippen molar-refractivity contribution in [2.75, 3.05) is 0 Å². The molecule has 1 aliphatic rings. The van der Waals surface area contributed by atoms with Crippen molar-refractivity contribution in [3.63, 3.8) is 0 Å². The number of fused-ring (bicyclic) bond motifs is 1. The van der Waals surface area contributed by atoms with E-state index in [0.717, 1.165) is 30.9 Å². The van der Waals surface area contributed by atoms with E-state index in [4.69, 9.17) is 5.73 Å². The summed E-state index contributed by atoms with van der Waals surface area (Å²) in [7, 11) is 0. The van der Waals surface area contributed by atoms with E-state index in [9.17, 15) is 18.0 Å². The summed E-state index contributed by atoms with van der Waals surface area (Å²) < 4.78 is 41.6. The molecule has 4 rings (SSSR count). The van der Waals surface area contributed by atoms with Gasteiger partial charge < -0.3 is 10.7 Å². The van der Waals surface area contributed by atoms with Crippen molar-refractivity contribution >= 4 is 16.8 Å². The number of H-pyrrole nitrogens is 1. The molecule has 1 heterocycles. The highest BCUT2D eigenvalue weighted by molar-refractivity contribution is 5.92. The summed E-state index contributed by atoms with van der Waals surface area (Å²) in [5.74, 6) is -1.79. The number of nitrogens with one attached hydrogen (secondary N) is 1. The van der Waals surface area contributed by atoms with Gasteiger partial charge in [-0.3, -0.25) is 4.79 Å². The molecule has 140 valence electrons. The maximum Gasteiger partial charge on any atom is 0.217 e. The van der Waals surface area contributed by atoms with Crippen LogP contribution < -0.4 is 5.73 Å². The maximum absolute atomic E-state index is 14.4. The minimum atomic E-state index is -0.661. The Morgan fingerprint density at radius 2 is 1.81 bits per heavy atom. The molecule has 0 radical (unpaired) electrons. The first-order valence-electron chi connectivity index (χ1n) is 8.97. The zero-order valence-electron chi connectivity index (χ0n) is 14.6. The van der Waals surface area contributed by atoms with E-state index in [0.29, 0.717) is 23.1 Å². The minimum absolute atomic E-state index is 0.0457. The van der Waals surface area contributed by atoms with Crippen molar-refractivity contribution in [2.24, 2.45) is 11.7 Å². The molecule has 3 aromatic rings. The van der Waals surface area contributed by atoms with Gasteiger partial charge in [0.25, 0.3) is 0 Å². The van der Waals surface area contributed by atoms with Crippen LogP contribution in [0.5, 0.6) is 0 Å². The molecule has 1 fully saturated rings. The largest absolute Gasteiger partial charge is 0.370 e. The van der Waals surface area contributed by atoms with Gasteiger partial charge in [-0.25, -0.2) is 13.2 Å². The summed E-state index contributed by atoms with van der Waals surface area (Å²) in [5, 5.41) is 0.497. The second kappa shape index (κ2) is 6.76. The van der Waals surface area contributed by atoms with Crippen molar-refractivity contribution in [2.45, 2.75) is 31.6 Å². The molecule has 3 nitrogen and oxygen atoms in total. The Morgan fingerprint density at radius 1 is 1.07 bits per heavy atom. The fourth-order valence-electron chi connectivity index (χ4n) is 4.32. The summed E-state index contributed by atoms with van der Waals surface area (Å²) in [6.07, 6.45) is 2.67. The van der Waals surface area contributed by atoms with E-state index in [-0.39, 0.29) is 29.1 Å². The average molecular weight is 372 g/mol. The minimum Gasteiger partial charge on any atom is -0.370 e. The predicted octanol–water partition coefficient (Wildman–Crippen LogP) is 5.01. The SMILES string of the molecule is NC(=O)CC1CCC(c2c(-c3ccc(F)cc3)[nH]c3c(F)cc(F)cc23)C1. The van der Waals surface area contributed by atoms with Gasteiger partial charge in [0.05, 0.1) is 11.2 Å². The molecule has 0 spiro atoms. The van der Waals surface area contributed by atoms with Gasteiger partial charge in [0.1, 0.15) is 17.5 Å². The third-order valence-electron chi connectivity index (χ3n) is 5.44. The molecule has 2 aromatic carbocycles.